The number of nitriles is 1. The molecule has 122 valence electrons. The van der Waals surface area contributed by atoms with E-state index in [1.807, 2.05) is 45.9 Å². The molecule has 5 heteroatoms. The smallest absolute Gasteiger partial charge is 0.399 e. The molecule has 1 aromatic carbocycles. The highest BCUT2D eigenvalue weighted by molar-refractivity contribution is 6.62. The van der Waals surface area contributed by atoms with Crippen LogP contribution >= 0.6 is 0 Å². The van der Waals surface area contributed by atoms with E-state index in [4.69, 9.17) is 9.31 Å². The Hall–Kier alpha value is -1.51. The normalized spacial score (nSPS) is 22.9. The standard InChI is InChI=1S/C18H25BN2O2/c1-17(2)18(3,4)23-19(22-17)15-8-9-16(14(12-15)13-20)21-10-6-5-7-11-21/h8-9,12H,5-7,10-11H2,1-4H3. The van der Waals surface area contributed by atoms with Gasteiger partial charge in [-0.05, 0) is 64.6 Å². The van der Waals surface area contributed by atoms with Crippen molar-refractivity contribution in [1.29, 1.82) is 5.26 Å². The molecule has 0 spiro atoms. The number of anilines is 1. The van der Waals surface area contributed by atoms with Gasteiger partial charge in [-0.2, -0.15) is 5.26 Å². The third kappa shape index (κ3) is 2.98. The Kier molecular flexibility index (Phi) is 4.16. The summed E-state index contributed by atoms with van der Waals surface area (Å²) in [7, 11) is -0.414. The van der Waals surface area contributed by atoms with Crippen molar-refractivity contribution >= 4 is 18.3 Å². The van der Waals surface area contributed by atoms with Gasteiger partial charge in [0, 0.05) is 13.1 Å². The second-order valence-electron chi connectivity index (χ2n) is 7.52. The Morgan fingerprint density at radius 1 is 1.04 bits per heavy atom. The first-order valence-corrected chi connectivity index (χ1v) is 8.49. The molecule has 2 fully saturated rings. The largest absolute Gasteiger partial charge is 0.494 e. The van der Waals surface area contributed by atoms with E-state index >= 15 is 0 Å². The summed E-state index contributed by atoms with van der Waals surface area (Å²) in [6.07, 6.45) is 3.68. The third-order valence-electron chi connectivity index (χ3n) is 5.36. The average Bonchev–Trinajstić information content (AvgIpc) is 2.75. The van der Waals surface area contributed by atoms with Gasteiger partial charge in [0.15, 0.2) is 0 Å². The molecule has 23 heavy (non-hydrogen) atoms. The van der Waals surface area contributed by atoms with Crippen molar-refractivity contribution in [3.63, 3.8) is 0 Å². The topological polar surface area (TPSA) is 45.5 Å². The van der Waals surface area contributed by atoms with Gasteiger partial charge in [-0.1, -0.05) is 6.07 Å². The molecule has 0 N–H and O–H groups in total. The van der Waals surface area contributed by atoms with Gasteiger partial charge in [-0.25, -0.2) is 0 Å². The molecule has 0 aromatic heterocycles. The van der Waals surface area contributed by atoms with Gasteiger partial charge in [0.25, 0.3) is 0 Å². The average molecular weight is 312 g/mol. The van der Waals surface area contributed by atoms with Gasteiger partial charge in [-0.15, -0.1) is 0 Å². The molecular formula is C18H25BN2O2. The van der Waals surface area contributed by atoms with Crippen LogP contribution in [0.5, 0.6) is 0 Å². The molecule has 0 saturated carbocycles. The molecule has 1 aromatic rings. The molecule has 2 aliphatic heterocycles. The first-order chi connectivity index (χ1) is 10.8. The second-order valence-corrected chi connectivity index (χ2v) is 7.52. The lowest BCUT2D eigenvalue weighted by Crippen LogP contribution is -2.41. The molecule has 0 unspecified atom stereocenters. The third-order valence-corrected chi connectivity index (χ3v) is 5.36. The Bertz CT molecular complexity index is 614. The number of piperidine rings is 1. The van der Waals surface area contributed by atoms with Gasteiger partial charge in [0.2, 0.25) is 0 Å². The molecule has 3 rings (SSSR count). The van der Waals surface area contributed by atoms with E-state index in [-0.39, 0.29) is 11.2 Å². The summed E-state index contributed by atoms with van der Waals surface area (Å²) in [5.74, 6) is 0. The SMILES string of the molecule is CC1(C)OB(c2ccc(N3CCCCC3)c(C#N)c2)OC1(C)C. The van der Waals surface area contributed by atoms with E-state index in [1.54, 1.807) is 0 Å². The summed E-state index contributed by atoms with van der Waals surface area (Å²) in [6.45, 7) is 10.2. The van der Waals surface area contributed by atoms with E-state index < -0.39 is 7.12 Å². The zero-order valence-electron chi connectivity index (χ0n) is 14.6. The van der Waals surface area contributed by atoms with Crippen LogP contribution in [0.3, 0.4) is 0 Å². The number of benzene rings is 1. The molecule has 4 nitrogen and oxygen atoms in total. The van der Waals surface area contributed by atoms with Crippen LogP contribution < -0.4 is 10.4 Å². The van der Waals surface area contributed by atoms with Crippen LogP contribution in [0.2, 0.25) is 0 Å². The van der Waals surface area contributed by atoms with Gasteiger partial charge >= 0.3 is 7.12 Å². The number of nitrogens with zero attached hydrogens (tertiary/aromatic N) is 2. The van der Waals surface area contributed by atoms with Crippen LogP contribution in [-0.2, 0) is 9.31 Å². The minimum Gasteiger partial charge on any atom is -0.399 e. The fourth-order valence-corrected chi connectivity index (χ4v) is 3.18. The van der Waals surface area contributed by atoms with E-state index in [1.165, 1.54) is 19.3 Å². The molecule has 2 saturated heterocycles. The van der Waals surface area contributed by atoms with Gasteiger partial charge in [0.05, 0.1) is 22.5 Å². The van der Waals surface area contributed by atoms with Crippen LogP contribution in [0.25, 0.3) is 0 Å². The van der Waals surface area contributed by atoms with Crippen molar-refractivity contribution in [3.8, 4) is 6.07 Å². The van der Waals surface area contributed by atoms with Gasteiger partial charge < -0.3 is 14.2 Å². The van der Waals surface area contributed by atoms with Crippen LogP contribution in [0.1, 0.15) is 52.5 Å². The maximum atomic E-state index is 9.56. The van der Waals surface area contributed by atoms with Crippen LogP contribution in [0.15, 0.2) is 18.2 Å². The van der Waals surface area contributed by atoms with Gasteiger partial charge in [0.1, 0.15) is 6.07 Å². The quantitative estimate of drug-likeness (QED) is 0.788. The monoisotopic (exact) mass is 312 g/mol. The summed E-state index contributed by atoms with van der Waals surface area (Å²) in [5.41, 5.74) is 1.93. The number of hydrogen-bond acceptors (Lipinski definition) is 4. The highest BCUT2D eigenvalue weighted by Gasteiger charge is 2.51. The molecule has 2 heterocycles. The summed E-state index contributed by atoms with van der Waals surface area (Å²) in [5, 5.41) is 9.56. The molecule has 0 amide bonds. The minimum atomic E-state index is -0.414. The van der Waals surface area contributed by atoms with E-state index in [0.717, 1.165) is 24.2 Å². The van der Waals surface area contributed by atoms with Crippen molar-refractivity contribution in [2.24, 2.45) is 0 Å². The Morgan fingerprint density at radius 3 is 2.22 bits per heavy atom. The fourth-order valence-electron chi connectivity index (χ4n) is 3.18. The van der Waals surface area contributed by atoms with Crippen molar-refractivity contribution < 1.29 is 9.31 Å². The summed E-state index contributed by atoms with van der Waals surface area (Å²) >= 11 is 0. The highest BCUT2D eigenvalue weighted by Crippen LogP contribution is 2.36. The lowest BCUT2D eigenvalue weighted by atomic mass is 9.78. The van der Waals surface area contributed by atoms with Crippen LogP contribution in [-0.4, -0.2) is 31.4 Å². The maximum Gasteiger partial charge on any atom is 0.494 e. The van der Waals surface area contributed by atoms with E-state index in [0.29, 0.717) is 5.56 Å². The summed E-state index contributed by atoms with van der Waals surface area (Å²) < 4.78 is 12.2. The Balaban J connectivity index is 1.87. The van der Waals surface area contributed by atoms with E-state index in [9.17, 15) is 5.26 Å². The van der Waals surface area contributed by atoms with Crippen molar-refractivity contribution in [2.75, 3.05) is 18.0 Å². The fraction of sp³-hybridized carbons (Fsp3) is 0.611. The predicted octanol–water partition coefficient (Wildman–Crippen LogP) is 2.85. The minimum absolute atomic E-state index is 0.365. The summed E-state index contributed by atoms with van der Waals surface area (Å²) in [4.78, 5) is 2.32. The molecule has 0 aliphatic carbocycles. The second kappa shape index (κ2) is 5.85. The molecular weight excluding hydrogens is 287 g/mol. The number of hydrogen-bond donors (Lipinski definition) is 0. The number of rotatable bonds is 2. The van der Waals surface area contributed by atoms with Crippen LogP contribution in [0.4, 0.5) is 5.69 Å². The zero-order chi connectivity index (χ0) is 16.7. The molecule has 0 atom stereocenters. The first-order valence-electron chi connectivity index (χ1n) is 8.49. The van der Waals surface area contributed by atoms with Crippen molar-refractivity contribution in [2.45, 2.75) is 58.2 Å². The highest BCUT2D eigenvalue weighted by atomic mass is 16.7. The van der Waals surface area contributed by atoms with Gasteiger partial charge in [-0.3, -0.25) is 0 Å². The van der Waals surface area contributed by atoms with Crippen molar-refractivity contribution in [3.05, 3.63) is 23.8 Å². The lowest BCUT2D eigenvalue weighted by Gasteiger charge is -2.32. The van der Waals surface area contributed by atoms with Crippen molar-refractivity contribution in [1.82, 2.24) is 0 Å². The molecule has 2 aliphatic rings. The Labute approximate surface area is 139 Å². The van der Waals surface area contributed by atoms with Crippen LogP contribution in [0, 0.1) is 11.3 Å². The molecule has 0 bridgehead atoms. The molecule has 0 radical (unpaired) electrons. The Morgan fingerprint density at radius 2 is 1.65 bits per heavy atom. The summed E-state index contributed by atoms with van der Waals surface area (Å²) in [6, 6.07) is 8.35. The van der Waals surface area contributed by atoms with E-state index in [2.05, 4.69) is 11.0 Å². The first kappa shape index (κ1) is 16.4. The lowest BCUT2D eigenvalue weighted by molar-refractivity contribution is 0.00578. The maximum absolute atomic E-state index is 9.56. The zero-order valence-corrected chi connectivity index (χ0v) is 14.6. The predicted molar refractivity (Wildman–Crippen MR) is 92.9 cm³/mol.